The Morgan fingerprint density at radius 3 is 2.65 bits per heavy atom. The fourth-order valence-corrected chi connectivity index (χ4v) is 5.14. The second-order valence-electron chi connectivity index (χ2n) is 8.48. The molecule has 4 aromatic rings. The molecule has 0 spiro atoms. The van der Waals surface area contributed by atoms with E-state index in [1.807, 2.05) is 42.7 Å². The zero-order valence-corrected chi connectivity index (χ0v) is 20.3. The molecule has 1 aliphatic heterocycles. The molecule has 1 aliphatic rings. The van der Waals surface area contributed by atoms with E-state index in [4.69, 9.17) is 17.0 Å². The van der Waals surface area contributed by atoms with Crippen molar-refractivity contribution in [2.75, 3.05) is 7.11 Å². The zero-order valence-electron chi connectivity index (χ0n) is 19.5. The van der Waals surface area contributed by atoms with Crippen LogP contribution in [0, 0.1) is 13.8 Å². The van der Waals surface area contributed by atoms with E-state index >= 15 is 0 Å². The maximum Gasteiger partial charge on any atom is 0.170 e. The first-order valence-electron chi connectivity index (χ1n) is 11.3. The molecule has 0 bridgehead atoms. The van der Waals surface area contributed by atoms with Crippen LogP contribution in [0.1, 0.15) is 40.3 Å². The van der Waals surface area contributed by atoms with Crippen molar-refractivity contribution in [1.29, 1.82) is 0 Å². The lowest BCUT2D eigenvalue weighted by molar-refractivity contribution is 0.310. The van der Waals surface area contributed by atoms with E-state index in [0.717, 1.165) is 33.5 Å². The van der Waals surface area contributed by atoms with E-state index < -0.39 is 0 Å². The molecular weight excluding hydrogens is 442 g/mol. The number of benzene rings is 1. The second kappa shape index (κ2) is 9.27. The smallest absolute Gasteiger partial charge is 0.170 e. The van der Waals surface area contributed by atoms with Gasteiger partial charge in [-0.25, -0.2) is 0 Å². The van der Waals surface area contributed by atoms with Gasteiger partial charge in [0.15, 0.2) is 5.11 Å². The van der Waals surface area contributed by atoms with Crippen LogP contribution in [-0.2, 0) is 6.54 Å². The average molecular weight is 470 g/mol. The van der Waals surface area contributed by atoms with Crippen molar-refractivity contribution in [2.24, 2.45) is 0 Å². The van der Waals surface area contributed by atoms with Crippen LogP contribution in [0.15, 0.2) is 79.3 Å². The molecule has 2 atom stereocenters. The van der Waals surface area contributed by atoms with Crippen LogP contribution in [0.4, 0.5) is 0 Å². The number of aryl methyl sites for hydroxylation is 1. The minimum Gasteiger partial charge on any atom is -0.497 e. The summed E-state index contributed by atoms with van der Waals surface area (Å²) in [6.07, 6.45) is 5.52. The number of methoxy groups -OCH3 is 1. The van der Waals surface area contributed by atoms with Crippen LogP contribution >= 0.6 is 12.2 Å². The van der Waals surface area contributed by atoms with Gasteiger partial charge in [0.1, 0.15) is 5.75 Å². The van der Waals surface area contributed by atoms with Gasteiger partial charge >= 0.3 is 0 Å². The molecule has 0 aliphatic carbocycles. The molecule has 1 saturated heterocycles. The number of nitrogens with one attached hydrogen (secondary N) is 1. The Hall–Kier alpha value is -3.71. The van der Waals surface area contributed by atoms with Crippen molar-refractivity contribution in [3.63, 3.8) is 0 Å². The third-order valence-electron chi connectivity index (χ3n) is 6.37. The standard InChI is InChI=1S/C27H27N5OS/c1-18-14-23(19(2)32(18)21-9-6-10-22(15-21)33-3)26-25(24-11-4-5-13-29-24)30-27(34)31(26)17-20-8-7-12-28-16-20/h4-16,25-26H,17H2,1-3H3,(H,30,34)/t25-,26-/m1/s1. The van der Waals surface area contributed by atoms with E-state index in [-0.39, 0.29) is 12.1 Å². The fraction of sp³-hybridized carbons (Fsp3) is 0.222. The quantitative estimate of drug-likeness (QED) is 0.398. The summed E-state index contributed by atoms with van der Waals surface area (Å²) in [6, 6.07) is 20.4. The molecule has 7 heteroatoms. The summed E-state index contributed by atoms with van der Waals surface area (Å²) in [4.78, 5) is 11.2. The molecule has 1 N–H and O–H groups in total. The van der Waals surface area contributed by atoms with Gasteiger partial charge in [-0.2, -0.15) is 0 Å². The molecular formula is C27H27N5OS. The molecule has 5 rings (SSSR count). The molecule has 6 nitrogen and oxygen atoms in total. The van der Waals surface area contributed by atoms with Gasteiger partial charge in [0.25, 0.3) is 0 Å². The summed E-state index contributed by atoms with van der Waals surface area (Å²) in [5, 5.41) is 4.27. The molecule has 0 radical (unpaired) electrons. The lowest BCUT2D eigenvalue weighted by Gasteiger charge is -2.28. The number of rotatable bonds is 6. The summed E-state index contributed by atoms with van der Waals surface area (Å²) < 4.78 is 7.75. The van der Waals surface area contributed by atoms with Crippen LogP contribution in [0.25, 0.3) is 5.69 Å². The SMILES string of the molecule is COc1cccc(-n2c(C)cc([C@@H]3[C@@H](c4ccccn4)NC(=S)N3Cc3cccnc3)c2C)c1. The Labute approximate surface area is 205 Å². The van der Waals surface area contributed by atoms with Crippen LogP contribution in [-0.4, -0.2) is 31.7 Å². The van der Waals surface area contributed by atoms with E-state index in [1.165, 1.54) is 11.3 Å². The Morgan fingerprint density at radius 2 is 1.91 bits per heavy atom. The number of pyridine rings is 2. The third-order valence-corrected chi connectivity index (χ3v) is 6.73. The Morgan fingerprint density at radius 1 is 1.03 bits per heavy atom. The van der Waals surface area contributed by atoms with Gasteiger partial charge in [0.05, 0.1) is 24.9 Å². The topological polar surface area (TPSA) is 55.2 Å². The molecule has 172 valence electrons. The van der Waals surface area contributed by atoms with Crippen LogP contribution in [0.5, 0.6) is 5.75 Å². The third kappa shape index (κ3) is 4.03. The lowest BCUT2D eigenvalue weighted by atomic mass is 9.96. The average Bonchev–Trinajstić information content (AvgIpc) is 3.35. The first-order valence-corrected chi connectivity index (χ1v) is 11.7. The van der Waals surface area contributed by atoms with Crippen LogP contribution < -0.4 is 10.1 Å². The van der Waals surface area contributed by atoms with Gasteiger partial charge in [-0.1, -0.05) is 18.2 Å². The largest absolute Gasteiger partial charge is 0.497 e. The first kappa shape index (κ1) is 22.1. The van der Waals surface area contributed by atoms with Gasteiger partial charge < -0.3 is 19.5 Å². The Kier molecular flexibility index (Phi) is 6.02. The van der Waals surface area contributed by atoms with Crippen molar-refractivity contribution >= 4 is 17.3 Å². The molecule has 34 heavy (non-hydrogen) atoms. The maximum atomic E-state index is 5.85. The molecule has 0 amide bonds. The molecule has 4 heterocycles. The second-order valence-corrected chi connectivity index (χ2v) is 8.87. The maximum absolute atomic E-state index is 5.85. The van der Waals surface area contributed by atoms with Crippen molar-refractivity contribution in [3.8, 4) is 11.4 Å². The van der Waals surface area contributed by atoms with E-state index in [0.29, 0.717) is 6.54 Å². The Balaban J connectivity index is 1.62. The summed E-state index contributed by atoms with van der Waals surface area (Å²) in [5.74, 6) is 0.833. The van der Waals surface area contributed by atoms with Crippen LogP contribution in [0.3, 0.4) is 0 Å². The van der Waals surface area contributed by atoms with Crippen molar-refractivity contribution in [3.05, 3.63) is 107 Å². The molecule has 0 saturated carbocycles. The van der Waals surface area contributed by atoms with E-state index in [9.17, 15) is 0 Å². The molecule has 1 aromatic carbocycles. The highest BCUT2D eigenvalue weighted by Crippen LogP contribution is 2.42. The highest BCUT2D eigenvalue weighted by atomic mass is 32.1. The molecule has 1 fully saturated rings. The first-order chi connectivity index (χ1) is 16.6. The number of ether oxygens (including phenoxy) is 1. The van der Waals surface area contributed by atoms with Crippen molar-refractivity contribution in [2.45, 2.75) is 32.5 Å². The van der Waals surface area contributed by atoms with Gasteiger partial charge in [0.2, 0.25) is 0 Å². The van der Waals surface area contributed by atoms with Crippen molar-refractivity contribution < 1.29 is 4.74 Å². The summed E-state index contributed by atoms with van der Waals surface area (Å²) in [5.41, 5.74) is 6.68. The zero-order chi connectivity index (χ0) is 23.7. The van der Waals surface area contributed by atoms with Gasteiger partial charge in [-0.15, -0.1) is 0 Å². The van der Waals surface area contributed by atoms with Gasteiger partial charge in [-0.05, 0) is 73.6 Å². The van der Waals surface area contributed by atoms with Gasteiger partial charge in [-0.3, -0.25) is 9.97 Å². The van der Waals surface area contributed by atoms with E-state index in [1.54, 1.807) is 13.3 Å². The predicted octanol–water partition coefficient (Wildman–Crippen LogP) is 5.07. The number of hydrogen-bond acceptors (Lipinski definition) is 4. The number of thiocarbonyl (C=S) groups is 1. The summed E-state index contributed by atoms with van der Waals surface area (Å²) in [7, 11) is 1.69. The minimum atomic E-state index is -0.0652. The fourth-order valence-electron chi connectivity index (χ4n) is 4.84. The minimum absolute atomic E-state index is 0.0202. The normalized spacial score (nSPS) is 17.6. The number of hydrogen-bond donors (Lipinski definition) is 1. The van der Waals surface area contributed by atoms with Gasteiger partial charge in [0, 0.05) is 48.3 Å². The molecule has 3 aromatic heterocycles. The summed E-state index contributed by atoms with van der Waals surface area (Å²) in [6.45, 7) is 4.97. The highest BCUT2D eigenvalue weighted by Gasteiger charge is 2.41. The van der Waals surface area contributed by atoms with E-state index in [2.05, 4.69) is 68.9 Å². The molecule has 0 unspecified atom stereocenters. The summed E-state index contributed by atoms with van der Waals surface area (Å²) >= 11 is 5.85. The number of nitrogens with zero attached hydrogens (tertiary/aromatic N) is 4. The predicted molar refractivity (Wildman–Crippen MR) is 137 cm³/mol. The van der Waals surface area contributed by atoms with Crippen LogP contribution in [0.2, 0.25) is 0 Å². The number of aromatic nitrogens is 3. The monoisotopic (exact) mass is 469 g/mol. The highest BCUT2D eigenvalue weighted by molar-refractivity contribution is 7.80. The van der Waals surface area contributed by atoms with Crippen molar-refractivity contribution in [1.82, 2.24) is 24.8 Å². The Bertz CT molecular complexity index is 1310. The lowest BCUT2D eigenvalue weighted by Crippen LogP contribution is -2.29.